The molecule has 0 bridgehead atoms. The number of nitrogens with zero attached hydrogens (tertiary/aromatic N) is 2. The van der Waals surface area contributed by atoms with Crippen LogP contribution in [-0.4, -0.2) is 57.1 Å². The van der Waals surface area contributed by atoms with E-state index in [0.717, 1.165) is 29.0 Å². The Bertz CT molecular complexity index is 1440. The van der Waals surface area contributed by atoms with Gasteiger partial charge in [-0.3, -0.25) is 13.9 Å². The highest BCUT2D eigenvalue weighted by Crippen LogP contribution is 2.26. The van der Waals surface area contributed by atoms with Crippen molar-refractivity contribution in [1.82, 2.24) is 10.2 Å². The quantitative estimate of drug-likeness (QED) is 0.216. The molecule has 1 N–H and O–H groups in total. The van der Waals surface area contributed by atoms with Crippen LogP contribution in [0.2, 0.25) is 10.0 Å². The summed E-state index contributed by atoms with van der Waals surface area (Å²) in [4.78, 5) is 29.2. The van der Waals surface area contributed by atoms with Gasteiger partial charge >= 0.3 is 0 Å². The number of halogens is 2. The number of amides is 2. The number of carbonyl (C=O) groups excluding carboxylic acids is 2. The van der Waals surface area contributed by atoms with Crippen LogP contribution < -0.4 is 14.4 Å². The van der Waals surface area contributed by atoms with E-state index in [4.69, 9.17) is 27.9 Å². The molecule has 0 fully saturated rings. The maximum Gasteiger partial charge on any atom is 0.244 e. The van der Waals surface area contributed by atoms with Crippen LogP contribution in [0, 0.1) is 0 Å². The Morgan fingerprint density at radius 3 is 2.21 bits per heavy atom. The standard InChI is InChI=1S/C31H37Cl2N3O5S/c1-4-6-18-34-31(38)29(20-23-10-8-7-9-11-23)35(21-24-12-17-27(32)28(33)19-24)30(37)22-36(42(3,39)40)25-13-15-26(16-14-25)41-5-2/h7-17,19,29H,4-6,18,20-22H2,1-3H3,(H,34,38)/t29-/m0/s1. The predicted molar refractivity (Wildman–Crippen MR) is 169 cm³/mol. The highest BCUT2D eigenvalue weighted by molar-refractivity contribution is 7.92. The molecule has 2 amide bonds. The molecular weight excluding hydrogens is 597 g/mol. The fraction of sp³-hybridized carbons (Fsp3) is 0.355. The van der Waals surface area contributed by atoms with Crippen LogP contribution in [0.5, 0.6) is 5.75 Å². The number of ether oxygens (including phenoxy) is 1. The minimum absolute atomic E-state index is 0.00923. The molecule has 0 aliphatic heterocycles. The average Bonchev–Trinajstić information content (AvgIpc) is 2.96. The van der Waals surface area contributed by atoms with E-state index in [0.29, 0.717) is 40.2 Å². The minimum atomic E-state index is -3.87. The summed E-state index contributed by atoms with van der Waals surface area (Å²) in [7, 11) is -3.87. The molecule has 0 aliphatic carbocycles. The van der Waals surface area contributed by atoms with Crippen LogP contribution in [-0.2, 0) is 32.6 Å². The number of nitrogens with one attached hydrogen (secondary N) is 1. The number of rotatable bonds is 15. The molecule has 0 aromatic heterocycles. The fourth-order valence-corrected chi connectivity index (χ4v) is 5.55. The number of unbranched alkanes of at least 4 members (excludes halogenated alkanes) is 1. The highest BCUT2D eigenvalue weighted by Gasteiger charge is 2.33. The maximum absolute atomic E-state index is 14.1. The number of anilines is 1. The van der Waals surface area contributed by atoms with E-state index < -0.39 is 28.5 Å². The molecule has 8 nitrogen and oxygen atoms in total. The SMILES string of the molecule is CCCCNC(=O)[C@H](Cc1ccccc1)N(Cc1ccc(Cl)c(Cl)c1)C(=O)CN(c1ccc(OCC)cc1)S(C)(=O)=O. The second kappa shape index (κ2) is 15.8. The second-order valence-corrected chi connectivity index (χ2v) is 12.5. The summed E-state index contributed by atoms with van der Waals surface area (Å²) < 4.78 is 32.4. The summed E-state index contributed by atoms with van der Waals surface area (Å²) in [6.07, 6.45) is 2.94. The molecule has 3 rings (SSSR count). The fourth-order valence-electron chi connectivity index (χ4n) is 4.38. The first-order valence-electron chi connectivity index (χ1n) is 13.8. The predicted octanol–water partition coefficient (Wildman–Crippen LogP) is 5.71. The minimum Gasteiger partial charge on any atom is -0.494 e. The van der Waals surface area contributed by atoms with Crippen molar-refractivity contribution in [3.05, 3.63) is 94.0 Å². The maximum atomic E-state index is 14.1. The molecule has 3 aromatic carbocycles. The Hall–Kier alpha value is -3.27. The number of hydrogen-bond donors (Lipinski definition) is 1. The number of benzene rings is 3. The third-order valence-electron chi connectivity index (χ3n) is 6.55. The van der Waals surface area contributed by atoms with Gasteiger partial charge in [0.15, 0.2) is 0 Å². The summed E-state index contributed by atoms with van der Waals surface area (Å²) in [6.45, 7) is 4.28. The van der Waals surface area contributed by atoms with Crippen LogP contribution in [0.25, 0.3) is 0 Å². The second-order valence-electron chi connectivity index (χ2n) is 9.82. The number of sulfonamides is 1. The molecular formula is C31H37Cl2N3O5S. The molecule has 0 spiro atoms. The first-order chi connectivity index (χ1) is 20.0. The lowest BCUT2D eigenvalue weighted by Gasteiger charge is -2.33. The van der Waals surface area contributed by atoms with Gasteiger partial charge < -0.3 is 15.0 Å². The summed E-state index contributed by atoms with van der Waals surface area (Å²) in [5.74, 6) is -0.298. The molecule has 0 saturated carbocycles. The first kappa shape index (κ1) is 33.2. The molecule has 3 aromatic rings. The van der Waals surface area contributed by atoms with Gasteiger partial charge in [0.05, 0.1) is 28.6 Å². The van der Waals surface area contributed by atoms with Crippen molar-refractivity contribution in [2.45, 2.75) is 45.7 Å². The zero-order valence-corrected chi connectivity index (χ0v) is 26.4. The van der Waals surface area contributed by atoms with Gasteiger partial charge in [0, 0.05) is 19.5 Å². The lowest BCUT2D eigenvalue weighted by molar-refractivity contribution is -0.140. The van der Waals surface area contributed by atoms with E-state index in [1.165, 1.54) is 4.90 Å². The van der Waals surface area contributed by atoms with Gasteiger partial charge in [0.25, 0.3) is 0 Å². The summed E-state index contributed by atoms with van der Waals surface area (Å²) in [5, 5.41) is 3.62. The Kier molecular flexibility index (Phi) is 12.5. The van der Waals surface area contributed by atoms with Crippen molar-refractivity contribution >= 4 is 50.7 Å². The van der Waals surface area contributed by atoms with Gasteiger partial charge in [0.2, 0.25) is 21.8 Å². The van der Waals surface area contributed by atoms with Crippen LogP contribution >= 0.6 is 23.2 Å². The van der Waals surface area contributed by atoms with Crippen LogP contribution in [0.1, 0.15) is 37.8 Å². The molecule has 42 heavy (non-hydrogen) atoms. The zero-order valence-electron chi connectivity index (χ0n) is 24.1. The smallest absolute Gasteiger partial charge is 0.244 e. The average molecular weight is 635 g/mol. The van der Waals surface area contributed by atoms with Crippen molar-refractivity contribution in [3.8, 4) is 5.75 Å². The molecule has 0 unspecified atom stereocenters. The molecule has 0 heterocycles. The van der Waals surface area contributed by atoms with Gasteiger partial charge in [0.1, 0.15) is 18.3 Å². The van der Waals surface area contributed by atoms with Gasteiger partial charge in [-0.15, -0.1) is 0 Å². The van der Waals surface area contributed by atoms with E-state index in [1.807, 2.05) is 44.2 Å². The van der Waals surface area contributed by atoms with Crippen molar-refractivity contribution in [3.63, 3.8) is 0 Å². The van der Waals surface area contributed by atoms with Gasteiger partial charge in [-0.25, -0.2) is 8.42 Å². The van der Waals surface area contributed by atoms with Crippen LogP contribution in [0.4, 0.5) is 5.69 Å². The van der Waals surface area contributed by atoms with Crippen molar-refractivity contribution in [2.24, 2.45) is 0 Å². The van der Waals surface area contributed by atoms with Crippen molar-refractivity contribution < 1.29 is 22.7 Å². The van der Waals surface area contributed by atoms with E-state index >= 15 is 0 Å². The molecule has 11 heteroatoms. The highest BCUT2D eigenvalue weighted by atomic mass is 35.5. The Labute approximate surface area is 258 Å². The van der Waals surface area contributed by atoms with E-state index in [9.17, 15) is 18.0 Å². The monoisotopic (exact) mass is 633 g/mol. The Morgan fingerprint density at radius 2 is 1.62 bits per heavy atom. The molecule has 0 radical (unpaired) electrons. The van der Waals surface area contributed by atoms with Gasteiger partial charge in [-0.2, -0.15) is 0 Å². The number of carbonyl (C=O) groups is 2. The Morgan fingerprint density at radius 1 is 0.929 bits per heavy atom. The summed E-state index contributed by atoms with van der Waals surface area (Å²) >= 11 is 12.4. The van der Waals surface area contributed by atoms with Gasteiger partial charge in [-0.1, -0.05) is 72.9 Å². The Balaban J connectivity index is 2.03. The molecule has 226 valence electrons. The zero-order chi connectivity index (χ0) is 30.7. The lowest BCUT2D eigenvalue weighted by Crippen LogP contribution is -2.53. The van der Waals surface area contributed by atoms with Crippen molar-refractivity contribution in [1.29, 1.82) is 0 Å². The van der Waals surface area contributed by atoms with E-state index in [-0.39, 0.29) is 18.9 Å². The van der Waals surface area contributed by atoms with Crippen LogP contribution in [0.3, 0.4) is 0 Å². The molecule has 0 saturated heterocycles. The number of hydrogen-bond acceptors (Lipinski definition) is 5. The van der Waals surface area contributed by atoms with Gasteiger partial charge in [-0.05, 0) is 60.9 Å². The molecule has 0 aliphatic rings. The molecule has 1 atom stereocenters. The topological polar surface area (TPSA) is 96.0 Å². The first-order valence-corrected chi connectivity index (χ1v) is 16.4. The summed E-state index contributed by atoms with van der Waals surface area (Å²) in [5.41, 5.74) is 1.80. The van der Waals surface area contributed by atoms with Crippen molar-refractivity contribution in [2.75, 3.05) is 30.3 Å². The third kappa shape index (κ3) is 9.64. The van der Waals surface area contributed by atoms with E-state index in [1.54, 1.807) is 42.5 Å². The largest absolute Gasteiger partial charge is 0.494 e. The lowest BCUT2D eigenvalue weighted by atomic mass is 10.0. The third-order valence-corrected chi connectivity index (χ3v) is 8.43. The summed E-state index contributed by atoms with van der Waals surface area (Å²) in [6, 6.07) is 19.9. The van der Waals surface area contributed by atoms with Crippen LogP contribution in [0.15, 0.2) is 72.8 Å². The normalized spacial score (nSPS) is 11.9. The van der Waals surface area contributed by atoms with E-state index in [2.05, 4.69) is 5.32 Å².